The van der Waals surface area contributed by atoms with Crippen molar-refractivity contribution in [3.05, 3.63) is 0 Å². The summed E-state index contributed by atoms with van der Waals surface area (Å²) in [6.07, 6.45) is 1.25. The third-order valence-corrected chi connectivity index (χ3v) is 2.71. The molecule has 1 unspecified atom stereocenters. The first-order valence-corrected chi connectivity index (χ1v) is 6.23. The normalized spacial score (nSPS) is 16.2. The third-order valence-electron chi connectivity index (χ3n) is 2.71. The summed E-state index contributed by atoms with van der Waals surface area (Å²) in [5, 5.41) is 0. The van der Waals surface area contributed by atoms with Crippen molar-refractivity contribution in [3.63, 3.8) is 0 Å². The highest BCUT2D eigenvalue weighted by Gasteiger charge is 2.30. The average Bonchev–Trinajstić information content (AvgIpc) is 1.74. The van der Waals surface area contributed by atoms with Crippen LogP contribution in [0.5, 0.6) is 0 Å². The van der Waals surface area contributed by atoms with Crippen molar-refractivity contribution in [1.29, 1.82) is 0 Å². The Morgan fingerprint density at radius 2 is 1.27 bits per heavy atom. The molecule has 0 radical (unpaired) electrons. The molecule has 0 aromatic heterocycles. The van der Waals surface area contributed by atoms with Gasteiger partial charge in [0.05, 0.1) is 0 Å². The molecule has 0 spiro atoms. The van der Waals surface area contributed by atoms with Crippen molar-refractivity contribution < 1.29 is 0 Å². The molecule has 1 nitrogen and oxygen atoms in total. The Morgan fingerprint density at radius 1 is 0.867 bits per heavy atom. The summed E-state index contributed by atoms with van der Waals surface area (Å²) in [4.78, 5) is 2.62. The van der Waals surface area contributed by atoms with Gasteiger partial charge in [-0.15, -0.1) is 0 Å². The molecule has 0 saturated carbocycles. The fraction of sp³-hybridized carbons (Fsp3) is 1.00. The van der Waals surface area contributed by atoms with Crippen LogP contribution in [0.15, 0.2) is 0 Å². The van der Waals surface area contributed by atoms with E-state index in [1.807, 2.05) is 0 Å². The molecule has 0 heterocycles. The van der Waals surface area contributed by atoms with Gasteiger partial charge in [-0.25, -0.2) is 0 Å². The zero-order chi connectivity index (χ0) is 12.4. The van der Waals surface area contributed by atoms with E-state index in [4.69, 9.17) is 0 Å². The first-order chi connectivity index (χ1) is 6.45. The summed E-state index contributed by atoms with van der Waals surface area (Å²) in [5.41, 5.74) is 0.677. The predicted molar refractivity (Wildman–Crippen MR) is 70.3 cm³/mol. The lowest BCUT2D eigenvalue weighted by Crippen LogP contribution is -2.51. The highest BCUT2D eigenvalue weighted by atomic mass is 15.2. The highest BCUT2D eigenvalue weighted by Crippen LogP contribution is 2.28. The van der Waals surface area contributed by atoms with E-state index in [2.05, 4.69) is 67.2 Å². The van der Waals surface area contributed by atoms with Crippen molar-refractivity contribution in [2.24, 2.45) is 5.41 Å². The fourth-order valence-corrected chi connectivity index (χ4v) is 2.93. The molecular formula is C14H31N. The molecule has 0 fully saturated rings. The molecule has 0 bridgehead atoms. The summed E-state index contributed by atoms with van der Waals surface area (Å²) in [6.45, 7) is 20.9. The van der Waals surface area contributed by atoms with Gasteiger partial charge in [0.1, 0.15) is 0 Å². The quantitative estimate of drug-likeness (QED) is 0.675. The summed E-state index contributed by atoms with van der Waals surface area (Å²) >= 11 is 0. The van der Waals surface area contributed by atoms with Crippen LogP contribution in [0.25, 0.3) is 0 Å². The second-order valence-corrected chi connectivity index (χ2v) is 7.29. The second kappa shape index (κ2) is 4.86. The van der Waals surface area contributed by atoms with Crippen LogP contribution in [0.1, 0.15) is 68.7 Å². The summed E-state index contributed by atoms with van der Waals surface area (Å²) < 4.78 is 0. The van der Waals surface area contributed by atoms with E-state index in [1.165, 1.54) is 6.42 Å². The Hall–Kier alpha value is -0.0400. The first kappa shape index (κ1) is 15.0. The van der Waals surface area contributed by atoms with Gasteiger partial charge in [0, 0.05) is 17.6 Å². The zero-order valence-corrected chi connectivity index (χ0v) is 12.3. The molecular weight excluding hydrogens is 182 g/mol. The van der Waals surface area contributed by atoms with E-state index >= 15 is 0 Å². The van der Waals surface area contributed by atoms with Crippen LogP contribution in [0.2, 0.25) is 0 Å². The van der Waals surface area contributed by atoms with E-state index in [1.54, 1.807) is 0 Å². The Kier molecular flexibility index (Phi) is 4.85. The van der Waals surface area contributed by atoms with Gasteiger partial charge < -0.3 is 0 Å². The second-order valence-electron chi connectivity index (χ2n) is 7.29. The minimum atomic E-state index is 0.263. The van der Waals surface area contributed by atoms with Crippen molar-refractivity contribution in [2.75, 3.05) is 0 Å². The van der Waals surface area contributed by atoms with E-state index in [-0.39, 0.29) is 5.54 Å². The molecule has 0 aliphatic rings. The topological polar surface area (TPSA) is 3.24 Å². The van der Waals surface area contributed by atoms with Gasteiger partial charge in [0.15, 0.2) is 0 Å². The molecule has 0 aliphatic carbocycles. The molecule has 0 aromatic rings. The van der Waals surface area contributed by atoms with Gasteiger partial charge in [-0.05, 0) is 53.4 Å². The molecule has 0 N–H and O–H groups in total. The maximum absolute atomic E-state index is 2.62. The molecule has 1 atom stereocenters. The maximum atomic E-state index is 2.62. The van der Waals surface area contributed by atoms with Crippen molar-refractivity contribution >= 4 is 0 Å². The number of hydrogen-bond donors (Lipinski definition) is 0. The van der Waals surface area contributed by atoms with E-state index < -0.39 is 0 Å². The Balaban J connectivity index is 4.66. The van der Waals surface area contributed by atoms with Crippen LogP contribution in [0.4, 0.5) is 0 Å². The Labute approximate surface area is 97.2 Å². The van der Waals surface area contributed by atoms with Crippen LogP contribution in [0.3, 0.4) is 0 Å². The molecule has 0 aromatic carbocycles. The van der Waals surface area contributed by atoms with Gasteiger partial charge in [-0.2, -0.15) is 0 Å². The molecule has 0 rings (SSSR count). The predicted octanol–water partition coefficient (Wildman–Crippen LogP) is 4.32. The van der Waals surface area contributed by atoms with Crippen LogP contribution < -0.4 is 0 Å². The molecule has 0 saturated heterocycles. The standard InChI is InChI=1S/C14H31N/c1-11(2)15(14(7,8)9)12(3)10-13(4,5)6/h11-12H,10H2,1-9H3. The van der Waals surface area contributed by atoms with Crippen LogP contribution >= 0.6 is 0 Å². The van der Waals surface area contributed by atoms with Gasteiger partial charge in [0.25, 0.3) is 0 Å². The van der Waals surface area contributed by atoms with Crippen LogP contribution in [-0.4, -0.2) is 22.5 Å². The SMILES string of the molecule is CC(C)N(C(C)CC(C)(C)C)C(C)(C)C. The van der Waals surface area contributed by atoms with Gasteiger partial charge >= 0.3 is 0 Å². The smallest absolute Gasteiger partial charge is 0.0130 e. The van der Waals surface area contributed by atoms with Crippen molar-refractivity contribution in [3.8, 4) is 0 Å². The lowest BCUT2D eigenvalue weighted by Gasteiger charge is -2.45. The molecule has 15 heavy (non-hydrogen) atoms. The van der Waals surface area contributed by atoms with Crippen molar-refractivity contribution in [2.45, 2.75) is 86.4 Å². The maximum Gasteiger partial charge on any atom is 0.0130 e. The minimum absolute atomic E-state index is 0.263. The molecule has 1 heteroatoms. The molecule has 92 valence electrons. The molecule has 0 aliphatic heterocycles. The average molecular weight is 213 g/mol. The number of rotatable bonds is 3. The van der Waals surface area contributed by atoms with E-state index in [9.17, 15) is 0 Å². The monoisotopic (exact) mass is 213 g/mol. The van der Waals surface area contributed by atoms with Crippen LogP contribution in [0, 0.1) is 5.41 Å². The summed E-state index contributed by atoms with van der Waals surface area (Å²) in [7, 11) is 0. The number of hydrogen-bond acceptors (Lipinski definition) is 1. The van der Waals surface area contributed by atoms with Gasteiger partial charge in [-0.1, -0.05) is 20.8 Å². The first-order valence-electron chi connectivity index (χ1n) is 6.23. The fourth-order valence-electron chi connectivity index (χ4n) is 2.93. The number of nitrogens with zero attached hydrogens (tertiary/aromatic N) is 1. The van der Waals surface area contributed by atoms with Crippen molar-refractivity contribution in [1.82, 2.24) is 4.90 Å². The van der Waals surface area contributed by atoms with Crippen LogP contribution in [-0.2, 0) is 0 Å². The van der Waals surface area contributed by atoms with Gasteiger partial charge in [-0.3, -0.25) is 4.90 Å². The summed E-state index contributed by atoms with van der Waals surface area (Å²) in [5.74, 6) is 0. The van der Waals surface area contributed by atoms with Gasteiger partial charge in [0.2, 0.25) is 0 Å². The lowest BCUT2D eigenvalue weighted by molar-refractivity contribution is 0.0371. The van der Waals surface area contributed by atoms with E-state index in [0.717, 1.165) is 0 Å². The Morgan fingerprint density at radius 3 is 1.47 bits per heavy atom. The minimum Gasteiger partial charge on any atom is -0.293 e. The van der Waals surface area contributed by atoms with E-state index in [0.29, 0.717) is 17.5 Å². The Bertz CT molecular complexity index is 180. The highest BCUT2D eigenvalue weighted by molar-refractivity contribution is 4.85. The largest absolute Gasteiger partial charge is 0.293 e. The third kappa shape index (κ3) is 5.55. The summed E-state index contributed by atoms with van der Waals surface area (Å²) in [6, 6.07) is 1.26. The lowest BCUT2D eigenvalue weighted by atomic mass is 9.86. The molecule has 0 amide bonds. The zero-order valence-electron chi connectivity index (χ0n) is 12.3.